The highest BCUT2D eigenvalue weighted by atomic mass is 79.9. The van der Waals surface area contributed by atoms with Gasteiger partial charge >= 0.3 is 0 Å². The SMILES string of the molecule is O=C(/C=C/c1ccc(Br)s1)N1CCC[C@@H]1c1ccc2c(c1)OCCCO2. The highest BCUT2D eigenvalue weighted by Gasteiger charge is 2.29. The fraction of sp³-hybridized carbons (Fsp3) is 0.350. The van der Waals surface area contributed by atoms with Crippen molar-refractivity contribution in [1.82, 2.24) is 4.90 Å². The van der Waals surface area contributed by atoms with Gasteiger partial charge in [0.05, 0.1) is 23.0 Å². The number of rotatable bonds is 3. The Labute approximate surface area is 165 Å². The predicted molar refractivity (Wildman–Crippen MR) is 107 cm³/mol. The summed E-state index contributed by atoms with van der Waals surface area (Å²) in [6, 6.07) is 10.2. The Morgan fingerprint density at radius 3 is 2.81 bits per heavy atom. The fourth-order valence-corrected chi connectivity index (χ4v) is 4.76. The molecule has 1 atom stereocenters. The molecule has 0 N–H and O–H groups in total. The van der Waals surface area contributed by atoms with Gasteiger partial charge in [-0.05, 0) is 64.7 Å². The van der Waals surface area contributed by atoms with E-state index in [1.54, 1.807) is 17.4 Å². The Hall–Kier alpha value is -1.79. The summed E-state index contributed by atoms with van der Waals surface area (Å²) in [6.45, 7) is 2.14. The van der Waals surface area contributed by atoms with E-state index < -0.39 is 0 Å². The van der Waals surface area contributed by atoms with Gasteiger partial charge in [0.2, 0.25) is 5.91 Å². The molecule has 6 heteroatoms. The third-order valence-electron chi connectivity index (χ3n) is 4.68. The Balaban J connectivity index is 1.52. The Kier molecular flexibility index (Phi) is 5.31. The third kappa shape index (κ3) is 3.81. The van der Waals surface area contributed by atoms with Crippen molar-refractivity contribution in [3.63, 3.8) is 0 Å². The van der Waals surface area contributed by atoms with E-state index in [2.05, 4.69) is 22.0 Å². The van der Waals surface area contributed by atoms with Gasteiger partial charge in [0, 0.05) is 23.9 Å². The number of hydrogen-bond acceptors (Lipinski definition) is 4. The molecule has 0 unspecified atom stereocenters. The first-order chi connectivity index (χ1) is 12.7. The zero-order valence-electron chi connectivity index (χ0n) is 14.3. The topological polar surface area (TPSA) is 38.8 Å². The summed E-state index contributed by atoms with van der Waals surface area (Å²) in [4.78, 5) is 15.8. The quantitative estimate of drug-likeness (QED) is 0.635. The van der Waals surface area contributed by atoms with Crippen molar-refractivity contribution in [1.29, 1.82) is 0 Å². The second kappa shape index (κ2) is 7.84. The van der Waals surface area contributed by atoms with E-state index in [9.17, 15) is 4.79 Å². The maximum absolute atomic E-state index is 12.7. The van der Waals surface area contributed by atoms with Crippen LogP contribution in [0.2, 0.25) is 0 Å². The van der Waals surface area contributed by atoms with E-state index in [4.69, 9.17) is 9.47 Å². The van der Waals surface area contributed by atoms with Gasteiger partial charge in [0.1, 0.15) is 0 Å². The van der Waals surface area contributed by atoms with Gasteiger partial charge in [-0.2, -0.15) is 0 Å². The molecule has 3 heterocycles. The minimum atomic E-state index is 0.0594. The minimum absolute atomic E-state index is 0.0594. The van der Waals surface area contributed by atoms with Crippen LogP contribution in [0.15, 0.2) is 40.2 Å². The maximum Gasteiger partial charge on any atom is 0.247 e. The molecule has 1 saturated heterocycles. The largest absolute Gasteiger partial charge is 0.490 e. The Morgan fingerprint density at radius 2 is 2.00 bits per heavy atom. The number of carbonyl (C=O) groups is 1. The number of hydrogen-bond donors (Lipinski definition) is 0. The van der Waals surface area contributed by atoms with E-state index in [-0.39, 0.29) is 11.9 Å². The molecule has 1 amide bonds. The minimum Gasteiger partial charge on any atom is -0.490 e. The lowest BCUT2D eigenvalue weighted by Crippen LogP contribution is -2.28. The van der Waals surface area contributed by atoms with Gasteiger partial charge in [-0.25, -0.2) is 0 Å². The van der Waals surface area contributed by atoms with Gasteiger partial charge in [-0.1, -0.05) is 6.07 Å². The van der Waals surface area contributed by atoms with Gasteiger partial charge in [-0.3, -0.25) is 4.79 Å². The van der Waals surface area contributed by atoms with Crippen LogP contribution < -0.4 is 9.47 Å². The zero-order valence-corrected chi connectivity index (χ0v) is 16.7. The number of thiophene rings is 1. The van der Waals surface area contributed by atoms with Crippen LogP contribution in [0, 0.1) is 0 Å². The van der Waals surface area contributed by atoms with Crippen molar-refractivity contribution in [2.45, 2.75) is 25.3 Å². The van der Waals surface area contributed by atoms with E-state index in [0.717, 1.165) is 51.5 Å². The number of ether oxygens (including phenoxy) is 2. The zero-order chi connectivity index (χ0) is 17.9. The lowest BCUT2D eigenvalue weighted by atomic mass is 10.0. The highest BCUT2D eigenvalue weighted by Crippen LogP contribution is 2.38. The summed E-state index contributed by atoms with van der Waals surface area (Å²) in [5.74, 6) is 1.65. The van der Waals surface area contributed by atoms with Crippen LogP contribution in [0.5, 0.6) is 11.5 Å². The first kappa shape index (κ1) is 17.6. The highest BCUT2D eigenvalue weighted by molar-refractivity contribution is 9.11. The third-order valence-corrected chi connectivity index (χ3v) is 6.27. The second-order valence-electron chi connectivity index (χ2n) is 6.42. The summed E-state index contributed by atoms with van der Waals surface area (Å²) in [6.07, 6.45) is 6.45. The molecule has 1 aromatic heterocycles. The molecule has 4 nitrogen and oxygen atoms in total. The molecule has 4 rings (SSSR count). The van der Waals surface area contributed by atoms with E-state index in [0.29, 0.717) is 13.2 Å². The maximum atomic E-state index is 12.7. The Bertz CT molecular complexity index is 832. The molecule has 1 fully saturated rings. The number of fused-ring (bicyclic) bond motifs is 1. The van der Waals surface area contributed by atoms with Gasteiger partial charge in [0.25, 0.3) is 0 Å². The van der Waals surface area contributed by atoms with Crippen LogP contribution in [0.25, 0.3) is 6.08 Å². The number of benzene rings is 1. The molecule has 1 aromatic carbocycles. The molecule has 2 aliphatic rings. The van der Waals surface area contributed by atoms with Gasteiger partial charge < -0.3 is 14.4 Å². The fourth-order valence-electron chi connectivity index (χ4n) is 3.43. The van der Waals surface area contributed by atoms with Crippen LogP contribution in [-0.4, -0.2) is 30.6 Å². The summed E-state index contributed by atoms with van der Waals surface area (Å²) in [5, 5.41) is 0. The standard InChI is InChI=1S/C20H20BrNO3S/c21-19-8-5-15(26-19)6-9-20(23)22-10-1-3-16(22)14-4-7-17-18(13-14)25-12-2-11-24-17/h4-9,13,16H,1-3,10-12H2/b9-6+/t16-/m1/s1. The molecular formula is C20H20BrNO3S. The monoisotopic (exact) mass is 433 g/mol. The van der Waals surface area contributed by atoms with Crippen molar-refractivity contribution >= 4 is 39.2 Å². The number of likely N-dealkylation sites (tertiary alicyclic amines) is 1. The number of nitrogens with zero attached hydrogens (tertiary/aromatic N) is 1. The molecule has 0 spiro atoms. The molecule has 2 aromatic rings. The lowest BCUT2D eigenvalue weighted by Gasteiger charge is -2.24. The summed E-state index contributed by atoms with van der Waals surface area (Å²) in [5.41, 5.74) is 1.12. The molecule has 2 aliphatic heterocycles. The Morgan fingerprint density at radius 1 is 1.15 bits per heavy atom. The summed E-state index contributed by atoms with van der Waals surface area (Å²) >= 11 is 5.06. The van der Waals surface area contributed by atoms with Gasteiger partial charge in [-0.15, -0.1) is 11.3 Å². The first-order valence-corrected chi connectivity index (χ1v) is 10.5. The molecule has 0 saturated carbocycles. The summed E-state index contributed by atoms with van der Waals surface area (Å²) in [7, 11) is 0. The summed E-state index contributed by atoms with van der Waals surface area (Å²) < 4.78 is 12.6. The van der Waals surface area contributed by atoms with Crippen molar-refractivity contribution in [2.75, 3.05) is 19.8 Å². The van der Waals surface area contributed by atoms with Crippen molar-refractivity contribution < 1.29 is 14.3 Å². The number of amides is 1. The number of carbonyl (C=O) groups excluding carboxylic acids is 1. The van der Waals surface area contributed by atoms with Crippen molar-refractivity contribution in [3.05, 3.63) is 50.6 Å². The lowest BCUT2D eigenvalue weighted by molar-refractivity contribution is -0.126. The van der Waals surface area contributed by atoms with Gasteiger partial charge in [0.15, 0.2) is 11.5 Å². The van der Waals surface area contributed by atoms with Crippen LogP contribution in [0.1, 0.15) is 35.7 Å². The second-order valence-corrected chi connectivity index (χ2v) is 8.92. The van der Waals surface area contributed by atoms with Crippen LogP contribution in [0.3, 0.4) is 0 Å². The smallest absolute Gasteiger partial charge is 0.247 e. The molecule has 26 heavy (non-hydrogen) atoms. The normalized spacial score (nSPS) is 19.7. The van der Waals surface area contributed by atoms with Crippen LogP contribution in [0.4, 0.5) is 0 Å². The van der Waals surface area contributed by atoms with Crippen LogP contribution in [-0.2, 0) is 4.79 Å². The predicted octanol–water partition coefficient (Wildman–Crippen LogP) is 5.05. The average molecular weight is 434 g/mol. The van der Waals surface area contributed by atoms with E-state index in [1.165, 1.54) is 0 Å². The molecule has 0 bridgehead atoms. The van der Waals surface area contributed by atoms with E-state index >= 15 is 0 Å². The molecular weight excluding hydrogens is 414 g/mol. The first-order valence-electron chi connectivity index (χ1n) is 8.84. The van der Waals surface area contributed by atoms with Crippen molar-refractivity contribution in [3.8, 4) is 11.5 Å². The number of halogens is 1. The van der Waals surface area contributed by atoms with E-state index in [1.807, 2.05) is 35.2 Å². The molecule has 0 radical (unpaired) electrons. The average Bonchev–Trinajstić information content (AvgIpc) is 3.23. The van der Waals surface area contributed by atoms with Crippen molar-refractivity contribution in [2.24, 2.45) is 0 Å². The van der Waals surface area contributed by atoms with Crippen LogP contribution >= 0.6 is 27.3 Å². The molecule has 136 valence electrons. The molecule has 0 aliphatic carbocycles.